The van der Waals surface area contributed by atoms with Crippen molar-refractivity contribution < 1.29 is 4.79 Å². The molecule has 0 spiro atoms. The van der Waals surface area contributed by atoms with E-state index in [1.165, 1.54) is 11.1 Å². The van der Waals surface area contributed by atoms with Crippen molar-refractivity contribution in [2.75, 3.05) is 0 Å². The molecule has 0 unspecified atom stereocenters. The van der Waals surface area contributed by atoms with Crippen LogP contribution in [-0.2, 0) is 19.3 Å². The monoisotopic (exact) mass is 256 g/mol. The summed E-state index contributed by atoms with van der Waals surface area (Å²) in [4.78, 5) is 16.2. The van der Waals surface area contributed by atoms with Crippen LogP contribution >= 0.6 is 0 Å². The number of carbonyl (C=O) groups is 1. The van der Waals surface area contributed by atoms with Crippen molar-refractivity contribution in [3.8, 4) is 0 Å². The molecule has 1 heterocycles. The van der Waals surface area contributed by atoms with Crippen LogP contribution in [0, 0.1) is 0 Å². The Labute approximate surface area is 111 Å². The summed E-state index contributed by atoms with van der Waals surface area (Å²) >= 11 is 0. The molecular weight excluding hydrogens is 240 g/mol. The van der Waals surface area contributed by atoms with E-state index in [1.54, 1.807) is 0 Å². The number of hydrogen-bond acceptors (Lipinski definition) is 3. The molecule has 0 aliphatic heterocycles. The second kappa shape index (κ2) is 4.84. The number of fused-ring (bicyclic) bond motifs is 1. The maximum Gasteiger partial charge on any atom is 0.291 e. The van der Waals surface area contributed by atoms with Gasteiger partial charge < -0.3 is 5.32 Å². The van der Waals surface area contributed by atoms with Gasteiger partial charge >= 0.3 is 0 Å². The Morgan fingerprint density at radius 1 is 1.37 bits per heavy atom. The van der Waals surface area contributed by atoms with Crippen LogP contribution in [-0.4, -0.2) is 27.1 Å². The summed E-state index contributed by atoms with van der Waals surface area (Å²) < 4.78 is 0. The molecule has 0 fully saturated rings. The Balaban J connectivity index is 1.66. The Hall–Kier alpha value is -2.17. The van der Waals surface area contributed by atoms with Crippen LogP contribution in [0.5, 0.6) is 0 Å². The summed E-state index contributed by atoms with van der Waals surface area (Å²) in [5.74, 6) is 0.765. The number of hydrogen-bond donors (Lipinski definition) is 2. The van der Waals surface area contributed by atoms with E-state index >= 15 is 0 Å². The summed E-state index contributed by atoms with van der Waals surface area (Å²) in [6, 6.07) is 8.44. The number of H-pyrrole nitrogens is 1. The highest BCUT2D eigenvalue weighted by Gasteiger charge is 2.24. The van der Waals surface area contributed by atoms with E-state index in [4.69, 9.17) is 0 Å². The molecule has 1 aromatic heterocycles. The SMILES string of the molecule is CCc1nc(C(=O)NC2Cc3ccccc3C2)n[nH]1. The third-order valence-electron chi connectivity index (χ3n) is 3.46. The highest BCUT2D eigenvalue weighted by Crippen LogP contribution is 2.21. The average Bonchev–Trinajstić information content (AvgIpc) is 3.04. The quantitative estimate of drug-likeness (QED) is 0.868. The number of nitrogens with zero attached hydrogens (tertiary/aromatic N) is 2. The molecule has 3 rings (SSSR count). The maximum absolute atomic E-state index is 12.0. The van der Waals surface area contributed by atoms with Crippen molar-refractivity contribution in [1.29, 1.82) is 0 Å². The molecule has 5 heteroatoms. The Bertz CT molecular complexity index is 580. The largest absolute Gasteiger partial charge is 0.346 e. The third-order valence-corrected chi connectivity index (χ3v) is 3.46. The van der Waals surface area contributed by atoms with E-state index in [-0.39, 0.29) is 17.8 Å². The van der Waals surface area contributed by atoms with Crippen molar-refractivity contribution in [3.63, 3.8) is 0 Å². The molecule has 98 valence electrons. The van der Waals surface area contributed by atoms with Gasteiger partial charge in [-0.3, -0.25) is 9.89 Å². The second-order valence-electron chi connectivity index (χ2n) is 4.81. The lowest BCUT2D eigenvalue weighted by Gasteiger charge is -2.09. The van der Waals surface area contributed by atoms with Crippen molar-refractivity contribution in [2.24, 2.45) is 0 Å². The van der Waals surface area contributed by atoms with Gasteiger partial charge in [-0.25, -0.2) is 4.98 Å². The van der Waals surface area contributed by atoms with Crippen molar-refractivity contribution in [2.45, 2.75) is 32.2 Å². The number of amides is 1. The van der Waals surface area contributed by atoms with Gasteiger partial charge in [-0.05, 0) is 24.0 Å². The van der Waals surface area contributed by atoms with Gasteiger partial charge in [0.2, 0.25) is 5.82 Å². The normalized spacial score (nSPS) is 14.4. The fourth-order valence-electron chi connectivity index (χ4n) is 2.47. The van der Waals surface area contributed by atoms with Crippen LogP contribution in [0.2, 0.25) is 0 Å². The molecule has 1 aliphatic carbocycles. The number of aromatic amines is 1. The molecule has 0 saturated heterocycles. The van der Waals surface area contributed by atoms with E-state index < -0.39 is 0 Å². The van der Waals surface area contributed by atoms with Crippen LogP contribution in [0.4, 0.5) is 0 Å². The van der Waals surface area contributed by atoms with Gasteiger partial charge in [0.25, 0.3) is 5.91 Å². The standard InChI is InChI=1S/C14H16N4O/c1-2-12-16-13(18-17-12)14(19)15-11-7-9-5-3-4-6-10(9)8-11/h3-6,11H,2,7-8H2,1H3,(H,15,19)(H,16,17,18). The summed E-state index contributed by atoms with van der Waals surface area (Å²) in [5, 5.41) is 9.68. The van der Waals surface area contributed by atoms with Gasteiger partial charge in [-0.15, -0.1) is 5.10 Å². The van der Waals surface area contributed by atoms with Crippen LogP contribution < -0.4 is 5.32 Å². The molecule has 2 aromatic rings. The molecule has 5 nitrogen and oxygen atoms in total. The zero-order chi connectivity index (χ0) is 13.2. The lowest BCUT2D eigenvalue weighted by atomic mass is 10.1. The van der Waals surface area contributed by atoms with Gasteiger partial charge in [0, 0.05) is 12.5 Å². The summed E-state index contributed by atoms with van der Waals surface area (Å²) in [5.41, 5.74) is 2.63. The van der Waals surface area contributed by atoms with Gasteiger partial charge in [0.15, 0.2) is 0 Å². The minimum absolute atomic E-state index is 0.147. The van der Waals surface area contributed by atoms with Gasteiger partial charge in [0.1, 0.15) is 5.82 Å². The third kappa shape index (κ3) is 2.36. The summed E-state index contributed by atoms with van der Waals surface area (Å²) in [6.45, 7) is 1.97. The van der Waals surface area contributed by atoms with E-state index in [2.05, 4.69) is 32.6 Å². The number of rotatable bonds is 3. The predicted molar refractivity (Wildman–Crippen MR) is 70.9 cm³/mol. The minimum atomic E-state index is -0.200. The predicted octanol–water partition coefficient (Wildman–Crippen LogP) is 1.26. The lowest BCUT2D eigenvalue weighted by Crippen LogP contribution is -2.35. The number of carbonyl (C=O) groups excluding carboxylic acids is 1. The van der Waals surface area contributed by atoms with Crippen molar-refractivity contribution in [1.82, 2.24) is 20.5 Å². The van der Waals surface area contributed by atoms with Gasteiger partial charge in [0.05, 0.1) is 0 Å². The molecule has 0 saturated carbocycles. The number of nitrogens with one attached hydrogen (secondary N) is 2. The highest BCUT2D eigenvalue weighted by molar-refractivity contribution is 5.90. The summed E-state index contributed by atoms with van der Waals surface area (Å²) in [6.07, 6.45) is 2.51. The first-order valence-electron chi connectivity index (χ1n) is 6.55. The molecular formula is C14H16N4O. The Kier molecular flexibility index (Phi) is 3.03. The molecule has 19 heavy (non-hydrogen) atoms. The first-order chi connectivity index (χ1) is 9.26. The van der Waals surface area contributed by atoms with Gasteiger partial charge in [-0.2, -0.15) is 0 Å². The Morgan fingerprint density at radius 2 is 2.05 bits per heavy atom. The van der Waals surface area contributed by atoms with Crippen molar-refractivity contribution >= 4 is 5.91 Å². The lowest BCUT2D eigenvalue weighted by molar-refractivity contribution is 0.0928. The first kappa shape index (κ1) is 11.9. The van der Waals surface area contributed by atoms with Crippen LogP contribution in [0.15, 0.2) is 24.3 Å². The topological polar surface area (TPSA) is 70.7 Å². The van der Waals surface area contributed by atoms with Crippen LogP contribution in [0.3, 0.4) is 0 Å². The van der Waals surface area contributed by atoms with Crippen LogP contribution in [0.25, 0.3) is 0 Å². The molecule has 0 bridgehead atoms. The fourth-order valence-corrected chi connectivity index (χ4v) is 2.47. The zero-order valence-corrected chi connectivity index (χ0v) is 10.8. The van der Waals surface area contributed by atoms with E-state index in [0.717, 1.165) is 25.1 Å². The number of benzene rings is 1. The first-order valence-corrected chi connectivity index (χ1v) is 6.55. The van der Waals surface area contributed by atoms with E-state index in [0.29, 0.717) is 0 Å². The van der Waals surface area contributed by atoms with Gasteiger partial charge in [-0.1, -0.05) is 31.2 Å². The smallest absolute Gasteiger partial charge is 0.291 e. The van der Waals surface area contributed by atoms with E-state index in [1.807, 2.05) is 19.1 Å². The summed E-state index contributed by atoms with van der Waals surface area (Å²) in [7, 11) is 0. The van der Waals surface area contributed by atoms with Crippen LogP contribution in [0.1, 0.15) is 34.5 Å². The number of aromatic nitrogens is 3. The zero-order valence-electron chi connectivity index (χ0n) is 10.8. The highest BCUT2D eigenvalue weighted by atomic mass is 16.2. The van der Waals surface area contributed by atoms with Crippen molar-refractivity contribution in [3.05, 3.63) is 47.0 Å². The average molecular weight is 256 g/mol. The number of aryl methyl sites for hydroxylation is 1. The molecule has 1 aliphatic rings. The molecule has 2 N–H and O–H groups in total. The maximum atomic E-state index is 12.0. The fraction of sp³-hybridized carbons (Fsp3) is 0.357. The molecule has 1 aromatic carbocycles. The second-order valence-corrected chi connectivity index (χ2v) is 4.81. The molecule has 0 radical (unpaired) electrons. The Morgan fingerprint density at radius 3 is 2.63 bits per heavy atom. The minimum Gasteiger partial charge on any atom is -0.346 e. The van der Waals surface area contributed by atoms with E-state index in [9.17, 15) is 4.79 Å². The molecule has 0 atom stereocenters. The molecule has 1 amide bonds.